The zero-order chi connectivity index (χ0) is 26.8. The number of para-hydroxylation sites is 1. The van der Waals surface area contributed by atoms with Crippen molar-refractivity contribution in [3.8, 4) is 22.8 Å². The topological polar surface area (TPSA) is 102 Å². The number of likely N-dealkylation sites (tertiary alicyclic amines) is 1. The molecule has 0 spiro atoms. The van der Waals surface area contributed by atoms with E-state index in [9.17, 15) is 9.59 Å². The fraction of sp³-hybridized carbons (Fsp3) is 0.367. The number of hydrogen-bond acceptors (Lipinski definition) is 5. The van der Waals surface area contributed by atoms with E-state index < -0.39 is 5.91 Å². The SMILES string of the molecule is C=C(C(=O)N1CCC([C@@H]2CCNc3c(C(N)=O)c(-c4ccc(Oc5ccccc5)cc4)nn32)CC1)C(C)C. The Morgan fingerprint density at radius 3 is 2.32 bits per heavy atom. The van der Waals surface area contributed by atoms with E-state index in [-0.39, 0.29) is 17.9 Å². The third kappa shape index (κ3) is 5.03. The molecule has 3 aromatic rings. The molecule has 198 valence electrons. The predicted molar refractivity (Wildman–Crippen MR) is 148 cm³/mol. The van der Waals surface area contributed by atoms with Crippen LogP contribution in [0.2, 0.25) is 0 Å². The summed E-state index contributed by atoms with van der Waals surface area (Å²) in [6, 6.07) is 17.3. The first-order valence-electron chi connectivity index (χ1n) is 13.3. The van der Waals surface area contributed by atoms with Crippen LogP contribution in [-0.4, -0.2) is 46.1 Å². The van der Waals surface area contributed by atoms with Gasteiger partial charge in [0, 0.05) is 30.8 Å². The normalized spacial score (nSPS) is 17.6. The van der Waals surface area contributed by atoms with Gasteiger partial charge in [-0.15, -0.1) is 0 Å². The van der Waals surface area contributed by atoms with Crippen LogP contribution in [0.5, 0.6) is 11.5 Å². The van der Waals surface area contributed by atoms with Gasteiger partial charge in [0.1, 0.15) is 28.6 Å². The fourth-order valence-corrected chi connectivity index (χ4v) is 5.42. The molecule has 0 saturated carbocycles. The van der Waals surface area contributed by atoms with Crippen molar-refractivity contribution < 1.29 is 14.3 Å². The van der Waals surface area contributed by atoms with Crippen LogP contribution in [-0.2, 0) is 4.79 Å². The summed E-state index contributed by atoms with van der Waals surface area (Å²) in [5, 5.41) is 8.30. The first-order chi connectivity index (χ1) is 18.3. The molecule has 0 aliphatic carbocycles. The summed E-state index contributed by atoms with van der Waals surface area (Å²) in [6.07, 6.45) is 2.66. The maximum Gasteiger partial charge on any atom is 0.254 e. The summed E-state index contributed by atoms with van der Waals surface area (Å²) < 4.78 is 7.88. The lowest BCUT2D eigenvalue weighted by atomic mass is 9.86. The molecule has 1 atom stereocenters. The molecule has 5 rings (SSSR count). The Labute approximate surface area is 223 Å². The molecule has 8 heteroatoms. The molecule has 2 aliphatic heterocycles. The Balaban J connectivity index is 1.37. The lowest BCUT2D eigenvalue weighted by molar-refractivity contribution is -0.129. The second kappa shape index (κ2) is 10.7. The second-order valence-electron chi connectivity index (χ2n) is 10.4. The minimum absolute atomic E-state index is 0.0570. The highest BCUT2D eigenvalue weighted by Crippen LogP contribution is 2.40. The molecule has 0 unspecified atom stereocenters. The Morgan fingerprint density at radius 1 is 1.03 bits per heavy atom. The Hall–Kier alpha value is -4.07. The van der Waals surface area contributed by atoms with Gasteiger partial charge in [0.15, 0.2) is 0 Å². The minimum atomic E-state index is -0.508. The van der Waals surface area contributed by atoms with Crippen LogP contribution in [0.3, 0.4) is 0 Å². The average Bonchev–Trinajstić information content (AvgIpc) is 3.33. The van der Waals surface area contributed by atoms with E-state index in [2.05, 4.69) is 11.9 Å². The number of hydrogen-bond donors (Lipinski definition) is 2. The van der Waals surface area contributed by atoms with Gasteiger partial charge in [0.25, 0.3) is 5.91 Å². The van der Waals surface area contributed by atoms with Crippen LogP contribution >= 0.6 is 0 Å². The fourth-order valence-electron chi connectivity index (χ4n) is 5.42. The van der Waals surface area contributed by atoms with Gasteiger partial charge in [-0.25, -0.2) is 4.68 Å². The summed E-state index contributed by atoms with van der Waals surface area (Å²) in [4.78, 5) is 27.3. The van der Waals surface area contributed by atoms with Crippen molar-refractivity contribution in [1.82, 2.24) is 14.7 Å². The number of fused-ring (bicyclic) bond motifs is 1. The van der Waals surface area contributed by atoms with Gasteiger partial charge in [0.2, 0.25) is 5.91 Å². The van der Waals surface area contributed by atoms with Gasteiger partial charge in [-0.3, -0.25) is 9.59 Å². The number of aromatic nitrogens is 2. The molecule has 2 amide bonds. The van der Waals surface area contributed by atoms with Gasteiger partial charge >= 0.3 is 0 Å². The average molecular weight is 514 g/mol. The molecule has 1 aromatic heterocycles. The molecule has 2 aliphatic rings. The number of anilines is 1. The van der Waals surface area contributed by atoms with Crippen LogP contribution in [0.1, 0.15) is 49.5 Å². The number of piperidine rings is 1. The van der Waals surface area contributed by atoms with Crippen LogP contribution in [0.25, 0.3) is 11.3 Å². The standard InChI is InChI=1S/C30H35N5O3/c1-19(2)20(3)30(37)34-17-14-21(15-18-34)25-13-16-32-29-26(28(31)36)27(33-35(25)29)22-9-11-24(12-10-22)38-23-7-5-4-6-8-23/h4-12,19,21,25,32H,3,13-18H2,1-2H3,(H2,31,36)/t25-/m0/s1. The van der Waals surface area contributed by atoms with E-state index >= 15 is 0 Å². The van der Waals surface area contributed by atoms with Crippen molar-refractivity contribution in [2.45, 2.75) is 39.2 Å². The number of ether oxygens (including phenoxy) is 1. The van der Waals surface area contributed by atoms with Crippen molar-refractivity contribution in [2.75, 3.05) is 25.0 Å². The molecule has 8 nitrogen and oxygen atoms in total. The highest BCUT2D eigenvalue weighted by molar-refractivity contribution is 6.03. The third-order valence-electron chi connectivity index (χ3n) is 7.65. The highest BCUT2D eigenvalue weighted by atomic mass is 16.5. The van der Waals surface area contributed by atoms with Crippen LogP contribution in [0.4, 0.5) is 5.82 Å². The van der Waals surface area contributed by atoms with Crippen molar-refractivity contribution in [1.29, 1.82) is 0 Å². The van der Waals surface area contributed by atoms with Crippen molar-refractivity contribution >= 4 is 17.6 Å². The molecule has 0 bridgehead atoms. The number of nitrogens with zero attached hydrogens (tertiary/aromatic N) is 3. The number of primary amides is 1. The first-order valence-corrected chi connectivity index (χ1v) is 13.3. The molecule has 2 aromatic carbocycles. The molecule has 1 saturated heterocycles. The number of benzene rings is 2. The Kier molecular flexibility index (Phi) is 7.22. The lowest BCUT2D eigenvalue weighted by Crippen LogP contribution is -2.42. The van der Waals surface area contributed by atoms with E-state index in [4.69, 9.17) is 15.6 Å². The number of carbonyl (C=O) groups is 2. The van der Waals surface area contributed by atoms with E-state index in [1.54, 1.807) is 0 Å². The maximum absolute atomic E-state index is 12.8. The van der Waals surface area contributed by atoms with Crippen LogP contribution < -0.4 is 15.8 Å². The summed E-state index contributed by atoms with van der Waals surface area (Å²) in [5.74, 6) is 2.17. The van der Waals surface area contributed by atoms with Gasteiger partial charge < -0.3 is 20.7 Å². The van der Waals surface area contributed by atoms with Crippen molar-refractivity contribution in [3.63, 3.8) is 0 Å². The number of nitrogens with one attached hydrogen (secondary N) is 1. The van der Waals surface area contributed by atoms with Gasteiger partial charge in [0.05, 0.1) is 6.04 Å². The van der Waals surface area contributed by atoms with E-state index in [1.807, 2.05) is 78.0 Å². The van der Waals surface area contributed by atoms with E-state index in [0.717, 1.165) is 37.1 Å². The monoisotopic (exact) mass is 513 g/mol. The third-order valence-corrected chi connectivity index (χ3v) is 7.65. The number of rotatable bonds is 7. The van der Waals surface area contributed by atoms with Crippen molar-refractivity contribution in [2.24, 2.45) is 17.6 Å². The number of nitrogens with two attached hydrogens (primary N) is 1. The molecular formula is C30H35N5O3. The zero-order valence-corrected chi connectivity index (χ0v) is 22.0. The Morgan fingerprint density at radius 2 is 1.68 bits per heavy atom. The van der Waals surface area contributed by atoms with Crippen LogP contribution in [0, 0.1) is 11.8 Å². The highest BCUT2D eigenvalue weighted by Gasteiger charge is 2.36. The summed E-state index contributed by atoms with van der Waals surface area (Å²) >= 11 is 0. The Bertz CT molecular complexity index is 1320. The van der Waals surface area contributed by atoms with Gasteiger partial charge in [-0.1, -0.05) is 38.6 Å². The molecule has 3 heterocycles. The van der Waals surface area contributed by atoms with Gasteiger partial charge in [-0.05, 0) is 67.5 Å². The number of carbonyl (C=O) groups excluding carboxylic acids is 2. The van der Waals surface area contributed by atoms with E-state index in [1.165, 1.54) is 0 Å². The molecule has 0 radical (unpaired) electrons. The van der Waals surface area contributed by atoms with Gasteiger partial charge in [-0.2, -0.15) is 5.10 Å². The van der Waals surface area contributed by atoms with Crippen LogP contribution in [0.15, 0.2) is 66.7 Å². The van der Waals surface area contributed by atoms with E-state index in [0.29, 0.717) is 47.4 Å². The molecule has 38 heavy (non-hydrogen) atoms. The zero-order valence-electron chi connectivity index (χ0n) is 22.0. The lowest BCUT2D eigenvalue weighted by Gasteiger charge is -2.38. The summed E-state index contributed by atoms with van der Waals surface area (Å²) in [5.41, 5.74) is 8.31. The second-order valence-corrected chi connectivity index (χ2v) is 10.4. The summed E-state index contributed by atoms with van der Waals surface area (Å²) in [6.45, 7) is 10.1. The predicted octanol–water partition coefficient (Wildman–Crippen LogP) is 5.25. The maximum atomic E-state index is 12.8. The quantitative estimate of drug-likeness (QED) is 0.420. The molecular weight excluding hydrogens is 478 g/mol. The smallest absolute Gasteiger partial charge is 0.254 e. The first kappa shape index (κ1) is 25.6. The number of amides is 2. The van der Waals surface area contributed by atoms with Crippen molar-refractivity contribution in [3.05, 3.63) is 72.3 Å². The summed E-state index contributed by atoms with van der Waals surface area (Å²) in [7, 11) is 0. The molecule has 1 fully saturated rings. The largest absolute Gasteiger partial charge is 0.457 e. The minimum Gasteiger partial charge on any atom is -0.457 e. The molecule has 3 N–H and O–H groups in total.